The SMILES string of the molecule is C[C@@H](c1nc(C(=O)Nc2cnoc2)c(O)c(=O)n1C)[C@H](c1cnn(CC(C)(C)O)c1)c1ccccc1C#N. The molecule has 4 rings (SSSR count). The summed E-state index contributed by atoms with van der Waals surface area (Å²) < 4.78 is 7.49. The van der Waals surface area contributed by atoms with Gasteiger partial charge in [0.15, 0.2) is 5.69 Å². The van der Waals surface area contributed by atoms with Crippen molar-refractivity contribution in [3.63, 3.8) is 0 Å². The zero-order valence-electron chi connectivity index (χ0n) is 21.3. The zero-order chi connectivity index (χ0) is 27.6. The molecule has 12 nitrogen and oxygen atoms in total. The van der Waals surface area contributed by atoms with Crippen LogP contribution in [0, 0.1) is 11.3 Å². The van der Waals surface area contributed by atoms with Gasteiger partial charge in [0.05, 0.1) is 36.2 Å². The molecule has 0 saturated heterocycles. The van der Waals surface area contributed by atoms with Gasteiger partial charge in [0.2, 0.25) is 5.75 Å². The second-order valence-corrected chi connectivity index (χ2v) is 9.65. The van der Waals surface area contributed by atoms with Crippen molar-refractivity contribution in [2.75, 3.05) is 5.32 Å². The third-order valence-electron chi connectivity index (χ3n) is 6.09. The van der Waals surface area contributed by atoms with Crippen LogP contribution in [0.15, 0.2) is 58.4 Å². The van der Waals surface area contributed by atoms with Crippen LogP contribution in [0.2, 0.25) is 0 Å². The van der Waals surface area contributed by atoms with Gasteiger partial charge in [-0.3, -0.25) is 18.8 Å². The van der Waals surface area contributed by atoms with Crippen molar-refractivity contribution in [1.82, 2.24) is 24.5 Å². The highest BCUT2D eigenvalue weighted by atomic mass is 16.5. The highest BCUT2D eigenvalue weighted by molar-refractivity contribution is 6.04. The lowest BCUT2D eigenvalue weighted by atomic mass is 9.80. The van der Waals surface area contributed by atoms with Crippen LogP contribution in [0.5, 0.6) is 5.75 Å². The number of aromatic hydroxyl groups is 1. The number of benzene rings is 1. The molecular formula is C26H27N7O5. The van der Waals surface area contributed by atoms with Crippen LogP contribution < -0.4 is 10.9 Å². The lowest BCUT2D eigenvalue weighted by Gasteiger charge is -2.26. The summed E-state index contributed by atoms with van der Waals surface area (Å²) in [5.74, 6) is -2.49. The van der Waals surface area contributed by atoms with E-state index in [1.165, 1.54) is 24.1 Å². The van der Waals surface area contributed by atoms with E-state index in [4.69, 9.17) is 4.52 Å². The Kier molecular flexibility index (Phi) is 7.14. The van der Waals surface area contributed by atoms with Crippen LogP contribution in [0.25, 0.3) is 0 Å². The molecule has 0 unspecified atom stereocenters. The van der Waals surface area contributed by atoms with E-state index in [2.05, 4.69) is 26.6 Å². The van der Waals surface area contributed by atoms with Crippen molar-refractivity contribution in [2.24, 2.45) is 7.05 Å². The molecule has 0 radical (unpaired) electrons. The number of rotatable bonds is 8. The van der Waals surface area contributed by atoms with Gasteiger partial charge in [0.25, 0.3) is 11.5 Å². The van der Waals surface area contributed by atoms with Crippen molar-refractivity contribution in [2.45, 2.75) is 44.8 Å². The molecule has 12 heteroatoms. The minimum absolute atomic E-state index is 0.205. The Hall–Kier alpha value is -4.76. The summed E-state index contributed by atoms with van der Waals surface area (Å²) in [6.07, 6.45) is 5.86. The molecule has 0 aliphatic heterocycles. The summed E-state index contributed by atoms with van der Waals surface area (Å²) in [6.45, 7) is 5.38. The summed E-state index contributed by atoms with van der Waals surface area (Å²) >= 11 is 0. The van der Waals surface area contributed by atoms with Crippen LogP contribution in [-0.4, -0.2) is 46.2 Å². The number of hydrogen-bond acceptors (Lipinski definition) is 9. The van der Waals surface area contributed by atoms with Crippen molar-refractivity contribution in [3.8, 4) is 11.8 Å². The topological polar surface area (TPSA) is 172 Å². The molecule has 0 spiro atoms. The number of carbonyl (C=O) groups excluding carboxylic acids is 1. The van der Waals surface area contributed by atoms with E-state index in [1.807, 2.05) is 13.0 Å². The highest BCUT2D eigenvalue weighted by Crippen LogP contribution is 2.39. The van der Waals surface area contributed by atoms with Gasteiger partial charge in [0, 0.05) is 25.1 Å². The first kappa shape index (κ1) is 26.3. The van der Waals surface area contributed by atoms with Gasteiger partial charge in [-0.05, 0) is 31.0 Å². The van der Waals surface area contributed by atoms with E-state index in [1.54, 1.807) is 49.1 Å². The molecular weight excluding hydrogens is 490 g/mol. The molecule has 38 heavy (non-hydrogen) atoms. The molecule has 4 aromatic rings. The number of hydrogen-bond donors (Lipinski definition) is 3. The maximum atomic E-state index is 13.0. The molecule has 0 fully saturated rings. The molecule has 1 aromatic carbocycles. The third kappa shape index (κ3) is 5.33. The number of anilines is 1. The first-order valence-electron chi connectivity index (χ1n) is 11.7. The molecule has 3 N–H and O–H groups in total. The Labute approximate surface area is 217 Å². The maximum Gasteiger partial charge on any atom is 0.296 e. The Morgan fingerprint density at radius 2 is 2.03 bits per heavy atom. The maximum absolute atomic E-state index is 13.0. The average molecular weight is 518 g/mol. The van der Waals surface area contributed by atoms with Gasteiger partial charge in [-0.2, -0.15) is 10.4 Å². The van der Waals surface area contributed by atoms with Crippen LogP contribution in [0.3, 0.4) is 0 Å². The Morgan fingerprint density at radius 1 is 1.29 bits per heavy atom. The van der Waals surface area contributed by atoms with E-state index in [0.29, 0.717) is 16.7 Å². The van der Waals surface area contributed by atoms with Crippen LogP contribution >= 0.6 is 0 Å². The Morgan fingerprint density at radius 3 is 2.68 bits per heavy atom. The fourth-order valence-corrected chi connectivity index (χ4v) is 4.41. The number of amides is 1. The van der Waals surface area contributed by atoms with Crippen LogP contribution in [-0.2, 0) is 13.6 Å². The second-order valence-electron chi connectivity index (χ2n) is 9.65. The third-order valence-corrected chi connectivity index (χ3v) is 6.09. The van der Waals surface area contributed by atoms with E-state index >= 15 is 0 Å². The second kappa shape index (κ2) is 10.3. The van der Waals surface area contributed by atoms with Crippen LogP contribution in [0.1, 0.15) is 65.6 Å². The predicted octanol–water partition coefficient (Wildman–Crippen LogP) is 2.50. The number of nitriles is 1. The summed E-state index contributed by atoms with van der Waals surface area (Å²) in [4.78, 5) is 30.3. The largest absolute Gasteiger partial charge is 0.501 e. The zero-order valence-corrected chi connectivity index (χ0v) is 21.3. The van der Waals surface area contributed by atoms with Crippen LogP contribution in [0.4, 0.5) is 5.69 Å². The minimum atomic E-state index is -1.01. The van der Waals surface area contributed by atoms with Gasteiger partial charge in [-0.25, -0.2) is 4.98 Å². The van der Waals surface area contributed by atoms with Gasteiger partial charge in [-0.15, -0.1) is 0 Å². The normalized spacial score (nSPS) is 13.1. The molecule has 1 amide bonds. The highest BCUT2D eigenvalue weighted by Gasteiger charge is 2.31. The number of aromatic nitrogens is 5. The van der Waals surface area contributed by atoms with E-state index < -0.39 is 40.3 Å². The van der Waals surface area contributed by atoms with Crippen molar-refractivity contribution in [1.29, 1.82) is 5.26 Å². The monoisotopic (exact) mass is 517 g/mol. The smallest absolute Gasteiger partial charge is 0.296 e. The van der Waals surface area contributed by atoms with Gasteiger partial charge in [0.1, 0.15) is 17.8 Å². The standard InChI is InChI=1S/C26H27N7O5/c1-15(23-31-21(22(34)25(36)32(23)4)24(35)30-18-11-29-38-13-18)20(19-8-6-5-7-16(19)9-27)17-10-28-33(12-17)14-26(2,3)37/h5-8,10-13,15,20,34,37H,14H2,1-4H3,(H,30,35)/t15-,20-/m1/s1. The van der Waals surface area contributed by atoms with Gasteiger partial charge in [-0.1, -0.05) is 30.3 Å². The van der Waals surface area contributed by atoms with Crippen molar-refractivity contribution < 1.29 is 19.5 Å². The first-order chi connectivity index (χ1) is 18.0. The lowest BCUT2D eigenvalue weighted by molar-refractivity contribution is 0.0577. The Bertz CT molecular complexity index is 1560. The molecule has 0 saturated carbocycles. The van der Waals surface area contributed by atoms with Crippen molar-refractivity contribution in [3.05, 3.63) is 87.7 Å². The molecule has 0 bridgehead atoms. The van der Waals surface area contributed by atoms with E-state index in [9.17, 15) is 25.1 Å². The number of aliphatic hydroxyl groups is 1. The molecule has 0 aliphatic carbocycles. The fraction of sp³-hybridized carbons (Fsp3) is 0.308. The molecule has 3 aromatic heterocycles. The molecule has 196 valence electrons. The summed E-state index contributed by atoms with van der Waals surface area (Å²) in [5.41, 5.74) is -0.237. The Balaban J connectivity index is 1.84. The molecule has 2 atom stereocenters. The van der Waals surface area contributed by atoms with Crippen molar-refractivity contribution >= 4 is 11.6 Å². The van der Waals surface area contributed by atoms with E-state index in [-0.39, 0.29) is 18.1 Å². The summed E-state index contributed by atoms with van der Waals surface area (Å²) in [6, 6.07) is 9.27. The lowest BCUT2D eigenvalue weighted by Crippen LogP contribution is -2.29. The average Bonchev–Trinajstić information content (AvgIpc) is 3.54. The minimum Gasteiger partial charge on any atom is -0.501 e. The predicted molar refractivity (Wildman–Crippen MR) is 136 cm³/mol. The summed E-state index contributed by atoms with van der Waals surface area (Å²) in [5, 5.41) is 40.9. The number of nitrogens with zero attached hydrogens (tertiary/aromatic N) is 6. The van der Waals surface area contributed by atoms with E-state index in [0.717, 1.165) is 0 Å². The first-order valence-corrected chi connectivity index (χ1v) is 11.7. The number of carbonyl (C=O) groups is 1. The molecule has 3 heterocycles. The quantitative estimate of drug-likeness (QED) is 0.317. The fourth-order valence-electron chi connectivity index (χ4n) is 4.41. The molecule has 0 aliphatic rings. The van der Waals surface area contributed by atoms with Gasteiger partial charge >= 0.3 is 0 Å². The summed E-state index contributed by atoms with van der Waals surface area (Å²) in [7, 11) is 1.45. The van der Waals surface area contributed by atoms with Gasteiger partial charge < -0.3 is 20.1 Å². The number of nitrogens with one attached hydrogen (secondary N) is 1.